The summed E-state index contributed by atoms with van der Waals surface area (Å²) in [6.45, 7) is 11.7. The third kappa shape index (κ3) is 5.66. The molecule has 0 aliphatic rings. The highest BCUT2D eigenvalue weighted by molar-refractivity contribution is 7.94. The molecule has 33 heavy (non-hydrogen) atoms. The van der Waals surface area contributed by atoms with E-state index < -0.39 is 10.1 Å². The van der Waals surface area contributed by atoms with Gasteiger partial charge in [0, 0.05) is 10.5 Å². The minimum absolute atomic E-state index is 0. The van der Waals surface area contributed by atoms with Gasteiger partial charge in [-0.1, -0.05) is 31.7 Å². The summed E-state index contributed by atoms with van der Waals surface area (Å²) in [4.78, 5) is 0.111. The Hall–Kier alpha value is -2.20. The van der Waals surface area contributed by atoms with Gasteiger partial charge in [-0.2, -0.15) is 4.33 Å². The predicted molar refractivity (Wildman–Crippen MR) is 128 cm³/mol. The molecular formula is C25H28O6S2-2. The van der Waals surface area contributed by atoms with E-state index in [9.17, 15) is 18.2 Å². The third-order valence-electron chi connectivity index (χ3n) is 5.98. The van der Waals surface area contributed by atoms with Gasteiger partial charge in [0.25, 0.3) is 0 Å². The van der Waals surface area contributed by atoms with Crippen molar-refractivity contribution < 1.29 is 27.6 Å². The van der Waals surface area contributed by atoms with Crippen LogP contribution in [0.15, 0.2) is 46.2 Å². The Balaban J connectivity index is 0.00000385. The first kappa shape index (κ1) is 27.0. The number of aryl methyl sites for hydroxylation is 4. The van der Waals surface area contributed by atoms with Gasteiger partial charge in [-0.25, -0.2) is 8.42 Å². The van der Waals surface area contributed by atoms with Gasteiger partial charge >= 0.3 is 0 Å². The molecule has 0 fully saturated rings. The minimum atomic E-state index is -4.81. The average Bonchev–Trinajstić information content (AvgIpc) is 2.72. The van der Waals surface area contributed by atoms with E-state index in [1.165, 1.54) is 6.07 Å². The lowest BCUT2D eigenvalue weighted by Gasteiger charge is -2.20. The molecule has 0 saturated heterocycles. The maximum Gasteiger partial charge on any atom is 0.125 e. The summed E-state index contributed by atoms with van der Waals surface area (Å²) in [5.74, 6) is 0. The van der Waals surface area contributed by atoms with Gasteiger partial charge in [0.1, 0.15) is 10.1 Å². The molecule has 0 heterocycles. The Bertz CT molecular complexity index is 1250. The molecule has 6 nitrogen and oxygen atoms in total. The van der Waals surface area contributed by atoms with Gasteiger partial charge in [-0.3, -0.25) is 5.04 Å². The Labute approximate surface area is 200 Å². The smallest absolute Gasteiger partial charge is 0.125 e. The monoisotopic (exact) mass is 488 g/mol. The van der Waals surface area contributed by atoms with Crippen molar-refractivity contribution in [3.63, 3.8) is 0 Å². The first-order chi connectivity index (χ1) is 14.9. The van der Waals surface area contributed by atoms with Gasteiger partial charge < -0.3 is 9.81 Å². The van der Waals surface area contributed by atoms with Crippen molar-refractivity contribution in [3.8, 4) is 22.3 Å². The maximum absolute atomic E-state index is 12.3. The van der Waals surface area contributed by atoms with Gasteiger partial charge in [-0.15, -0.1) is 0 Å². The summed E-state index contributed by atoms with van der Waals surface area (Å²) >= 11 is 0.666. The fourth-order valence-corrected chi connectivity index (χ4v) is 4.96. The standard InChI is InChI=1S/C24H26O6S2.CH4/c1-13-7-19(8-14(2)17(13)5)21-12-24(32(26,27)28)22(11-23(21)31-30-29-25)20-9-15(3)18(6)16(4)10-20;/h7-12,25H,1-6H3,(H,26,27,28);1H4/p-2. The lowest BCUT2D eigenvalue weighted by atomic mass is 9.93. The van der Waals surface area contributed by atoms with E-state index in [2.05, 4.69) is 9.37 Å². The van der Waals surface area contributed by atoms with Crippen molar-refractivity contribution in [2.45, 2.75) is 58.8 Å². The van der Waals surface area contributed by atoms with Crippen LogP contribution in [0.5, 0.6) is 0 Å². The molecule has 3 rings (SSSR count). The van der Waals surface area contributed by atoms with Crippen LogP contribution in [-0.4, -0.2) is 13.0 Å². The van der Waals surface area contributed by atoms with E-state index in [0.717, 1.165) is 33.4 Å². The Morgan fingerprint density at radius 2 is 1.15 bits per heavy atom. The summed E-state index contributed by atoms with van der Waals surface area (Å²) in [5.41, 5.74) is 8.15. The van der Waals surface area contributed by atoms with Crippen LogP contribution in [-0.2, 0) is 19.5 Å². The molecular weight excluding hydrogens is 460 g/mol. The second-order valence-corrected chi connectivity index (χ2v) is 10.1. The van der Waals surface area contributed by atoms with Crippen molar-refractivity contribution in [1.82, 2.24) is 0 Å². The molecule has 3 aromatic carbocycles. The van der Waals surface area contributed by atoms with E-state index in [0.29, 0.717) is 33.6 Å². The van der Waals surface area contributed by atoms with Crippen LogP contribution >= 0.6 is 12.0 Å². The fourth-order valence-electron chi connectivity index (χ4n) is 3.72. The molecule has 0 amide bonds. The Morgan fingerprint density at radius 3 is 1.55 bits per heavy atom. The maximum atomic E-state index is 12.3. The normalized spacial score (nSPS) is 11.4. The van der Waals surface area contributed by atoms with Crippen LogP contribution in [0.4, 0.5) is 0 Å². The molecule has 0 N–H and O–H groups in total. The molecule has 0 unspecified atom stereocenters. The third-order valence-corrected chi connectivity index (χ3v) is 7.50. The SMILES string of the molecule is C.Cc1cc(-c2cc(S(=O)(=O)[O-])c(-c3cc(C)c(C)c(C)c3)cc2SOO[O-])cc(C)c1C. The minimum Gasteiger partial charge on any atom is -0.744 e. The molecule has 0 aliphatic heterocycles. The zero-order valence-corrected chi connectivity index (χ0v) is 20.4. The van der Waals surface area contributed by atoms with Crippen molar-refractivity contribution in [2.75, 3.05) is 0 Å². The highest BCUT2D eigenvalue weighted by atomic mass is 32.2. The Morgan fingerprint density at radius 1 is 0.727 bits per heavy atom. The molecule has 0 saturated carbocycles. The molecule has 0 atom stereocenters. The first-order valence-electron chi connectivity index (χ1n) is 9.87. The van der Waals surface area contributed by atoms with Crippen molar-refractivity contribution in [2.24, 2.45) is 0 Å². The van der Waals surface area contributed by atoms with Crippen LogP contribution in [0.2, 0.25) is 0 Å². The van der Waals surface area contributed by atoms with E-state index in [1.807, 2.05) is 65.8 Å². The molecule has 0 aliphatic carbocycles. The van der Waals surface area contributed by atoms with Crippen LogP contribution < -0.4 is 5.26 Å². The number of hydrogen-bond acceptors (Lipinski definition) is 7. The van der Waals surface area contributed by atoms with Gasteiger partial charge in [0.05, 0.1) is 16.9 Å². The molecule has 0 bridgehead atoms. The largest absolute Gasteiger partial charge is 0.744 e. The number of hydrogen-bond donors (Lipinski definition) is 0. The molecule has 0 aromatic heterocycles. The van der Waals surface area contributed by atoms with Crippen LogP contribution in [0.25, 0.3) is 22.3 Å². The van der Waals surface area contributed by atoms with E-state index in [1.54, 1.807) is 6.07 Å². The lowest BCUT2D eigenvalue weighted by molar-refractivity contribution is -0.777. The predicted octanol–water partition coefficient (Wildman–Crippen LogP) is 5.64. The van der Waals surface area contributed by atoms with Crippen molar-refractivity contribution in [3.05, 3.63) is 69.8 Å². The second kappa shape index (κ2) is 10.4. The summed E-state index contributed by atoms with van der Waals surface area (Å²) in [6.07, 6.45) is 0. The molecule has 3 aromatic rings. The molecule has 178 valence electrons. The fraction of sp³-hybridized carbons (Fsp3) is 0.280. The Kier molecular flexibility index (Phi) is 8.51. The summed E-state index contributed by atoms with van der Waals surface area (Å²) < 4.78 is 41.5. The van der Waals surface area contributed by atoms with Crippen LogP contribution in [0, 0.1) is 41.5 Å². The highest BCUT2D eigenvalue weighted by Crippen LogP contribution is 2.41. The first-order valence-corrected chi connectivity index (χ1v) is 12.0. The van der Waals surface area contributed by atoms with Crippen molar-refractivity contribution in [1.29, 1.82) is 0 Å². The van der Waals surface area contributed by atoms with Crippen molar-refractivity contribution >= 4 is 22.2 Å². The number of benzene rings is 3. The quantitative estimate of drug-likeness (QED) is 0.192. The van der Waals surface area contributed by atoms with Crippen LogP contribution in [0.1, 0.15) is 40.8 Å². The number of rotatable bonds is 6. The zero-order chi connectivity index (χ0) is 23.8. The summed E-state index contributed by atoms with van der Waals surface area (Å²) in [6, 6.07) is 10.4. The van der Waals surface area contributed by atoms with Gasteiger partial charge in [-0.05, 0) is 104 Å². The highest BCUT2D eigenvalue weighted by Gasteiger charge is 2.19. The van der Waals surface area contributed by atoms with E-state index in [-0.39, 0.29) is 17.9 Å². The molecule has 0 radical (unpaired) electrons. The average molecular weight is 489 g/mol. The summed E-state index contributed by atoms with van der Waals surface area (Å²) in [5, 5.41) is 14.1. The zero-order valence-electron chi connectivity index (χ0n) is 18.7. The van der Waals surface area contributed by atoms with Gasteiger partial charge in [0.2, 0.25) is 0 Å². The van der Waals surface area contributed by atoms with Crippen LogP contribution in [0.3, 0.4) is 0 Å². The van der Waals surface area contributed by atoms with E-state index in [4.69, 9.17) is 0 Å². The summed E-state index contributed by atoms with van der Waals surface area (Å²) in [7, 11) is -4.81. The molecule has 8 heteroatoms. The topological polar surface area (TPSA) is 98.7 Å². The lowest BCUT2D eigenvalue weighted by Crippen LogP contribution is -2.05. The van der Waals surface area contributed by atoms with Gasteiger partial charge in [0.15, 0.2) is 0 Å². The van der Waals surface area contributed by atoms with E-state index >= 15 is 0 Å². The molecule has 0 spiro atoms. The second-order valence-electron chi connectivity index (χ2n) is 7.99.